The van der Waals surface area contributed by atoms with Crippen molar-refractivity contribution in [2.45, 2.75) is 57.6 Å². The second-order valence-corrected chi connectivity index (χ2v) is 11.3. The van der Waals surface area contributed by atoms with Gasteiger partial charge in [0.05, 0.1) is 13.2 Å². The quantitative estimate of drug-likeness (QED) is 0.279. The number of benzene rings is 3. The second-order valence-electron chi connectivity index (χ2n) is 11.3. The molecule has 1 heterocycles. The summed E-state index contributed by atoms with van der Waals surface area (Å²) in [5, 5.41) is 9.91. The van der Waals surface area contributed by atoms with Crippen LogP contribution in [0.25, 0.3) is 0 Å². The predicted octanol–water partition coefficient (Wildman–Crippen LogP) is 6.33. The van der Waals surface area contributed by atoms with E-state index in [1.54, 1.807) is 25.3 Å². The molecule has 41 heavy (non-hydrogen) atoms. The van der Waals surface area contributed by atoms with Crippen molar-refractivity contribution in [3.63, 3.8) is 0 Å². The first-order chi connectivity index (χ1) is 19.9. The Labute approximate surface area is 243 Å². The smallest absolute Gasteiger partial charge is 0.165 e. The molecule has 7 heteroatoms. The van der Waals surface area contributed by atoms with Crippen LogP contribution >= 0.6 is 0 Å². The fraction of sp³-hybridized carbons (Fsp3) is 0.471. The summed E-state index contributed by atoms with van der Waals surface area (Å²) in [5.41, 5.74) is 5.81. The highest BCUT2D eigenvalue weighted by atomic mass is 19.1. The molecule has 0 saturated carbocycles. The van der Waals surface area contributed by atoms with Gasteiger partial charge in [-0.2, -0.15) is 0 Å². The van der Waals surface area contributed by atoms with E-state index in [2.05, 4.69) is 28.9 Å². The van der Waals surface area contributed by atoms with E-state index < -0.39 is 0 Å². The van der Waals surface area contributed by atoms with E-state index in [1.807, 2.05) is 31.3 Å². The Bertz CT molecular complexity index is 1310. The maximum Gasteiger partial charge on any atom is 0.165 e. The summed E-state index contributed by atoms with van der Waals surface area (Å²) in [6.07, 6.45) is 5.40. The van der Waals surface area contributed by atoms with E-state index in [1.165, 1.54) is 16.7 Å². The van der Waals surface area contributed by atoms with Gasteiger partial charge >= 0.3 is 0 Å². The number of halogens is 1. The van der Waals surface area contributed by atoms with Gasteiger partial charge in [-0.15, -0.1) is 0 Å². The van der Waals surface area contributed by atoms with E-state index in [0.717, 1.165) is 75.3 Å². The van der Waals surface area contributed by atoms with Crippen molar-refractivity contribution < 1.29 is 23.7 Å². The Hall–Kier alpha value is -3.29. The SMILES string of the molecule is CCN(Cc1ccc(OCCN(C)C[C@H]2CCCO2)c(F)c1)c1cc(OC)ccc1[C@@H]1CCc2cc(O)ccc2C1. The third kappa shape index (κ3) is 7.32. The van der Waals surface area contributed by atoms with Crippen LogP contribution in [-0.4, -0.2) is 63.1 Å². The van der Waals surface area contributed by atoms with Gasteiger partial charge in [0.15, 0.2) is 11.6 Å². The summed E-state index contributed by atoms with van der Waals surface area (Å²) in [7, 11) is 3.74. The molecule has 1 aliphatic heterocycles. The van der Waals surface area contributed by atoms with Crippen LogP contribution in [0.2, 0.25) is 0 Å². The zero-order valence-corrected chi connectivity index (χ0v) is 24.6. The van der Waals surface area contributed by atoms with Crippen molar-refractivity contribution in [3.8, 4) is 17.2 Å². The lowest BCUT2D eigenvalue weighted by Gasteiger charge is -2.32. The number of rotatable bonds is 12. The van der Waals surface area contributed by atoms with Crippen molar-refractivity contribution in [2.24, 2.45) is 0 Å². The predicted molar refractivity (Wildman–Crippen MR) is 161 cm³/mol. The number of hydrogen-bond acceptors (Lipinski definition) is 6. The van der Waals surface area contributed by atoms with E-state index in [-0.39, 0.29) is 11.6 Å². The Morgan fingerprint density at radius 2 is 1.93 bits per heavy atom. The Morgan fingerprint density at radius 3 is 2.68 bits per heavy atom. The normalized spacial score (nSPS) is 18.4. The summed E-state index contributed by atoms with van der Waals surface area (Å²) >= 11 is 0. The number of phenolic OH excluding ortho intramolecular Hbond substituents is 1. The van der Waals surface area contributed by atoms with Crippen molar-refractivity contribution in [2.75, 3.05) is 51.9 Å². The standard InChI is InChI=1S/C34H43FN2O4/c1-4-37(22-24-7-14-34(32(35)18-24)41-17-15-36(2)23-30-6-5-16-40-30)33-21-29(39-3)12-13-31(33)27-9-8-26-20-28(38)11-10-25(26)19-27/h7,10-14,18,20-21,27,30,38H,4-6,8-9,15-17,19,22-23H2,1-3H3/t27-,30-/m1/s1. The number of nitrogens with zero attached hydrogens (tertiary/aromatic N) is 2. The Balaban J connectivity index is 1.26. The van der Waals surface area contributed by atoms with Crippen LogP contribution in [0.15, 0.2) is 54.6 Å². The van der Waals surface area contributed by atoms with Gasteiger partial charge in [0, 0.05) is 44.5 Å². The molecule has 3 aromatic rings. The van der Waals surface area contributed by atoms with Crippen LogP contribution in [0, 0.1) is 5.82 Å². The molecule has 0 unspecified atom stereocenters. The maximum absolute atomic E-state index is 15.1. The van der Waals surface area contributed by atoms with Crippen molar-refractivity contribution in [3.05, 3.63) is 82.7 Å². The molecule has 0 aromatic heterocycles. The topological polar surface area (TPSA) is 54.4 Å². The third-order valence-corrected chi connectivity index (χ3v) is 8.46. The molecule has 0 amide bonds. The zero-order valence-electron chi connectivity index (χ0n) is 24.6. The molecule has 1 fully saturated rings. The summed E-state index contributed by atoms with van der Waals surface area (Å²) < 4.78 is 32.2. The Kier molecular flexibility index (Phi) is 9.68. The molecule has 6 nitrogen and oxygen atoms in total. The van der Waals surface area contributed by atoms with Crippen LogP contribution in [0.5, 0.6) is 17.2 Å². The number of aryl methyl sites for hydroxylation is 1. The highest BCUT2D eigenvalue weighted by Gasteiger charge is 2.25. The summed E-state index contributed by atoms with van der Waals surface area (Å²) in [5.74, 6) is 1.44. The van der Waals surface area contributed by atoms with Crippen molar-refractivity contribution in [1.29, 1.82) is 0 Å². The molecule has 0 bridgehead atoms. The van der Waals surface area contributed by atoms with E-state index >= 15 is 4.39 Å². The second kappa shape index (κ2) is 13.6. The largest absolute Gasteiger partial charge is 0.508 e. The molecule has 1 saturated heterocycles. The minimum absolute atomic E-state index is 0.288. The van der Waals surface area contributed by atoms with Crippen LogP contribution < -0.4 is 14.4 Å². The van der Waals surface area contributed by atoms with Gasteiger partial charge in [-0.1, -0.05) is 18.2 Å². The van der Waals surface area contributed by atoms with Gasteiger partial charge in [0.25, 0.3) is 0 Å². The molecule has 1 aliphatic carbocycles. The molecule has 5 rings (SSSR count). The average molecular weight is 563 g/mol. The molecule has 0 radical (unpaired) electrons. The summed E-state index contributed by atoms with van der Waals surface area (Å²) in [6, 6.07) is 17.3. The van der Waals surface area contributed by atoms with Gasteiger partial charge < -0.3 is 29.1 Å². The van der Waals surface area contributed by atoms with Crippen LogP contribution in [0.3, 0.4) is 0 Å². The molecular weight excluding hydrogens is 519 g/mol. The number of aromatic hydroxyl groups is 1. The number of hydrogen-bond donors (Lipinski definition) is 1. The molecule has 2 aliphatic rings. The fourth-order valence-electron chi connectivity index (χ4n) is 6.16. The first-order valence-corrected chi connectivity index (χ1v) is 14.9. The number of phenols is 1. The van der Waals surface area contributed by atoms with Crippen LogP contribution in [-0.2, 0) is 24.1 Å². The van der Waals surface area contributed by atoms with Gasteiger partial charge in [-0.3, -0.25) is 0 Å². The third-order valence-electron chi connectivity index (χ3n) is 8.46. The van der Waals surface area contributed by atoms with Gasteiger partial charge in [-0.05, 0) is 105 Å². The first kappa shape index (κ1) is 29.2. The maximum atomic E-state index is 15.1. The molecular formula is C34H43FN2O4. The minimum Gasteiger partial charge on any atom is -0.508 e. The van der Waals surface area contributed by atoms with E-state index in [9.17, 15) is 5.11 Å². The van der Waals surface area contributed by atoms with Crippen LogP contribution in [0.1, 0.15) is 54.4 Å². The summed E-state index contributed by atoms with van der Waals surface area (Å²) in [6.45, 7) is 6.35. The van der Waals surface area contributed by atoms with Crippen LogP contribution in [0.4, 0.5) is 10.1 Å². The van der Waals surface area contributed by atoms with Crippen molar-refractivity contribution >= 4 is 5.69 Å². The lowest BCUT2D eigenvalue weighted by atomic mass is 9.79. The number of ether oxygens (including phenoxy) is 3. The fourth-order valence-corrected chi connectivity index (χ4v) is 6.16. The zero-order chi connectivity index (χ0) is 28.8. The highest BCUT2D eigenvalue weighted by molar-refractivity contribution is 5.60. The van der Waals surface area contributed by atoms with Gasteiger partial charge in [0.2, 0.25) is 0 Å². The minimum atomic E-state index is -0.335. The van der Waals surface area contributed by atoms with E-state index in [0.29, 0.717) is 30.9 Å². The Morgan fingerprint density at radius 1 is 1.05 bits per heavy atom. The average Bonchev–Trinajstić information content (AvgIpc) is 3.49. The number of anilines is 1. The first-order valence-electron chi connectivity index (χ1n) is 14.9. The summed E-state index contributed by atoms with van der Waals surface area (Å²) in [4.78, 5) is 4.47. The molecule has 1 N–H and O–H groups in total. The van der Waals surface area contributed by atoms with Crippen molar-refractivity contribution in [1.82, 2.24) is 4.90 Å². The highest BCUT2D eigenvalue weighted by Crippen LogP contribution is 2.40. The number of fused-ring (bicyclic) bond motifs is 1. The van der Waals surface area contributed by atoms with E-state index in [4.69, 9.17) is 14.2 Å². The molecule has 220 valence electrons. The molecule has 3 aromatic carbocycles. The molecule has 2 atom stereocenters. The number of likely N-dealkylation sites (N-methyl/N-ethyl adjacent to an activating group) is 1. The lowest BCUT2D eigenvalue weighted by molar-refractivity contribution is 0.0769. The number of methoxy groups -OCH3 is 1. The lowest BCUT2D eigenvalue weighted by Crippen LogP contribution is -2.32. The van der Waals surface area contributed by atoms with Gasteiger partial charge in [0.1, 0.15) is 18.1 Å². The monoisotopic (exact) mass is 562 g/mol. The van der Waals surface area contributed by atoms with Gasteiger partial charge in [-0.25, -0.2) is 4.39 Å². The molecule has 0 spiro atoms.